The highest BCUT2D eigenvalue weighted by Gasteiger charge is 2.05. The number of pyridine rings is 1. The molecule has 1 aliphatic rings. The summed E-state index contributed by atoms with van der Waals surface area (Å²) in [6.07, 6.45) is 1.88. The van der Waals surface area contributed by atoms with Gasteiger partial charge in [-0.25, -0.2) is 0 Å². The van der Waals surface area contributed by atoms with Gasteiger partial charge in [-0.2, -0.15) is 0 Å². The zero-order valence-electron chi connectivity index (χ0n) is 5.83. The Morgan fingerprint density at radius 1 is 1.40 bits per heavy atom. The van der Waals surface area contributed by atoms with Crippen LogP contribution in [0, 0.1) is 6.92 Å². The average molecular weight is 132 g/mol. The lowest BCUT2D eigenvalue weighted by atomic mass is 10.2. The normalized spacial score (nSPS) is 13.7. The van der Waals surface area contributed by atoms with Crippen LogP contribution in [0.1, 0.15) is 17.0 Å². The van der Waals surface area contributed by atoms with Crippen LogP contribution in [-0.4, -0.2) is 11.2 Å². The van der Waals surface area contributed by atoms with Crippen LogP contribution in [0.25, 0.3) is 0 Å². The standard InChI is InChI=1S/C8H8N2/c1-6-2-3-7-4-9-5-8(7)10-6/h2-4H,5H2,1H3. The fourth-order valence-corrected chi connectivity index (χ4v) is 1.10. The minimum absolute atomic E-state index is 0.761. The number of rotatable bonds is 0. The molecule has 2 rings (SSSR count). The van der Waals surface area contributed by atoms with Crippen molar-refractivity contribution < 1.29 is 0 Å². The Bertz CT molecular complexity index is 289. The second-order valence-corrected chi connectivity index (χ2v) is 2.46. The van der Waals surface area contributed by atoms with Gasteiger partial charge in [0.1, 0.15) is 0 Å². The van der Waals surface area contributed by atoms with Gasteiger partial charge < -0.3 is 0 Å². The van der Waals surface area contributed by atoms with Gasteiger partial charge in [-0.15, -0.1) is 0 Å². The molecule has 0 bridgehead atoms. The van der Waals surface area contributed by atoms with Crippen molar-refractivity contribution in [3.8, 4) is 0 Å². The molecule has 50 valence electrons. The highest BCUT2D eigenvalue weighted by molar-refractivity contribution is 5.83. The van der Waals surface area contributed by atoms with Gasteiger partial charge in [-0.05, 0) is 19.1 Å². The van der Waals surface area contributed by atoms with E-state index in [-0.39, 0.29) is 0 Å². The van der Waals surface area contributed by atoms with Crippen LogP contribution in [0.5, 0.6) is 0 Å². The molecule has 0 amide bonds. The summed E-state index contributed by atoms with van der Waals surface area (Å²) in [5.41, 5.74) is 3.36. The van der Waals surface area contributed by atoms with Crippen LogP contribution < -0.4 is 0 Å². The highest BCUT2D eigenvalue weighted by atomic mass is 14.8. The first-order chi connectivity index (χ1) is 4.86. The van der Waals surface area contributed by atoms with Crippen molar-refractivity contribution in [1.29, 1.82) is 0 Å². The quantitative estimate of drug-likeness (QED) is 0.522. The van der Waals surface area contributed by atoms with Crippen LogP contribution in [0.3, 0.4) is 0 Å². The first-order valence-electron chi connectivity index (χ1n) is 3.32. The van der Waals surface area contributed by atoms with Crippen LogP contribution in [0.4, 0.5) is 0 Å². The van der Waals surface area contributed by atoms with E-state index in [4.69, 9.17) is 0 Å². The average Bonchev–Trinajstić information content (AvgIpc) is 2.33. The van der Waals surface area contributed by atoms with E-state index in [0.717, 1.165) is 17.9 Å². The van der Waals surface area contributed by atoms with Gasteiger partial charge in [-0.1, -0.05) is 0 Å². The molecule has 0 saturated heterocycles. The molecule has 1 aromatic heterocycles. The molecule has 10 heavy (non-hydrogen) atoms. The van der Waals surface area contributed by atoms with Gasteiger partial charge in [0, 0.05) is 17.5 Å². The summed E-state index contributed by atoms with van der Waals surface area (Å²) in [4.78, 5) is 8.43. The first kappa shape index (κ1) is 5.59. The summed E-state index contributed by atoms with van der Waals surface area (Å²) < 4.78 is 0. The van der Waals surface area contributed by atoms with Crippen LogP contribution in [0.15, 0.2) is 17.1 Å². The Hall–Kier alpha value is -1.18. The van der Waals surface area contributed by atoms with Crippen molar-refractivity contribution >= 4 is 6.21 Å². The largest absolute Gasteiger partial charge is 0.286 e. The predicted octanol–water partition coefficient (Wildman–Crippen LogP) is 1.32. The van der Waals surface area contributed by atoms with E-state index in [2.05, 4.69) is 16.0 Å². The van der Waals surface area contributed by atoms with Gasteiger partial charge in [0.05, 0.1) is 12.2 Å². The molecule has 2 nitrogen and oxygen atoms in total. The zero-order chi connectivity index (χ0) is 6.97. The SMILES string of the molecule is Cc1ccc2c(n1)CN=C2. The monoisotopic (exact) mass is 132 g/mol. The molecule has 2 heteroatoms. The zero-order valence-corrected chi connectivity index (χ0v) is 5.83. The van der Waals surface area contributed by atoms with Crippen molar-refractivity contribution in [3.05, 3.63) is 29.1 Å². The number of hydrogen-bond acceptors (Lipinski definition) is 2. The first-order valence-corrected chi connectivity index (χ1v) is 3.32. The molecule has 0 spiro atoms. The predicted molar refractivity (Wildman–Crippen MR) is 40.3 cm³/mol. The highest BCUT2D eigenvalue weighted by Crippen LogP contribution is 2.11. The fourth-order valence-electron chi connectivity index (χ4n) is 1.10. The van der Waals surface area contributed by atoms with Crippen molar-refractivity contribution in [2.24, 2.45) is 4.99 Å². The molecule has 2 heterocycles. The Morgan fingerprint density at radius 3 is 3.20 bits per heavy atom. The van der Waals surface area contributed by atoms with Gasteiger partial charge in [0.25, 0.3) is 0 Å². The molecule has 0 N–H and O–H groups in total. The second-order valence-electron chi connectivity index (χ2n) is 2.46. The maximum Gasteiger partial charge on any atom is 0.0818 e. The van der Waals surface area contributed by atoms with E-state index < -0.39 is 0 Å². The molecule has 1 aliphatic heterocycles. The lowest BCUT2D eigenvalue weighted by molar-refractivity contribution is 0.998. The number of aliphatic imine (C=N–C) groups is 1. The molecule has 0 radical (unpaired) electrons. The molecule has 0 fully saturated rings. The van der Waals surface area contributed by atoms with Gasteiger partial charge in [-0.3, -0.25) is 9.98 Å². The Labute approximate surface area is 59.6 Å². The van der Waals surface area contributed by atoms with Crippen molar-refractivity contribution in [1.82, 2.24) is 4.98 Å². The summed E-state index contributed by atoms with van der Waals surface area (Å²) in [5.74, 6) is 0. The van der Waals surface area contributed by atoms with Crippen LogP contribution >= 0.6 is 0 Å². The second kappa shape index (κ2) is 1.90. The van der Waals surface area contributed by atoms with Gasteiger partial charge in [0.2, 0.25) is 0 Å². The third-order valence-corrected chi connectivity index (χ3v) is 1.62. The molecule has 1 aromatic rings. The maximum absolute atomic E-state index is 4.33. The van der Waals surface area contributed by atoms with E-state index in [1.165, 1.54) is 5.56 Å². The van der Waals surface area contributed by atoms with Gasteiger partial charge in [0.15, 0.2) is 0 Å². The number of fused-ring (bicyclic) bond motifs is 1. The summed E-state index contributed by atoms with van der Waals surface area (Å²) in [5, 5.41) is 0. The Balaban J connectivity index is 2.59. The molecule has 0 atom stereocenters. The third kappa shape index (κ3) is 0.727. The summed E-state index contributed by atoms with van der Waals surface area (Å²) in [6, 6.07) is 4.07. The lowest BCUT2D eigenvalue weighted by Crippen LogP contribution is -1.90. The topological polar surface area (TPSA) is 25.2 Å². The molecular weight excluding hydrogens is 124 g/mol. The minimum Gasteiger partial charge on any atom is -0.286 e. The third-order valence-electron chi connectivity index (χ3n) is 1.62. The number of nitrogens with zero attached hydrogens (tertiary/aromatic N) is 2. The lowest BCUT2D eigenvalue weighted by Gasteiger charge is -1.95. The molecule has 0 unspecified atom stereocenters. The molecule has 0 aromatic carbocycles. The van der Waals surface area contributed by atoms with Crippen LogP contribution in [-0.2, 0) is 6.54 Å². The van der Waals surface area contributed by atoms with E-state index in [9.17, 15) is 0 Å². The summed E-state index contributed by atoms with van der Waals surface area (Å²) in [6.45, 7) is 2.76. The van der Waals surface area contributed by atoms with Crippen molar-refractivity contribution in [2.45, 2.75) is 13.5 Å². The van der Waals surface area contributed by atoms with Crippen LogP contribution in [0.2, 0.25) is 0 Å². The number of hydrogen-bond donors (Lipinski definition) is 0. The van der Waals surface area contributed by atoms with E-state index in [0.29, 0.717) is 0 Å². The Kier molecular flexibility index (Phi) is 1.07. The van der Waals surface area contributed by atoms with E-state index >= 15 is 0 Å². The van der Waals surface area contributed by atoms with E-state index in [1.54, 1.807) is 0 Å². The maximum atomic E-state index is 4.33. The fraction of sp³-hybridized carbons (Fsp3) is 0.250. The smallest absolute Gasteiger partial charge is 0.0818 e. The summed E-state index contributed by atoms with van der Waals surface area (Å²) >= 11 is 0. The molecule has 0 aliphatic carbocycles. The molecular formula is C8H8N2. The summed E-state index contributed by atoms with van der Waals surface area (Å²) in [7, 11) is 0. The number of aromatic nitrogens is 1. The van der Waals surface area contributed by atoms with Crippen molar-refractivity contribution in [3.63, 3.8) is 0 Å². The Morgan fingerprint density at radius 2 is 2.30 bits per heavy atom. The van der Waals surface area contributed by atoms with E-state index in [1.807, 2.05) is 19.2 Å². The van der Waals surface area contributed by atoms with Crippen molar-refractivity contribution in [2.75, 3.05) is 0 Å². The number of aryl methyl sites for hydroxylation is 1. The molecule has 0 saturated carbocycles. The minimum atomic E-state index is 0.761. The van der Waals surface area contributed by atoms with Gasteiger partial charge >= 0.3 is 0 Å².